The SMILES string of the molecule is Cc1cc(OC(F)(F)C2CCC(F)CC2)cc(C)c1[N+](=O)[O-]. The molecule has 0 atom stereocenters. The Bertz CT molecular complexity index is 546. The van der Waals surface area contributed by atoms with Gasteiger partial charge in [0.15, 0.2) is 0 Å². The van der Waals surface area contributed by atoms with Crippen LogP contribution >= 0.6 is 0 Å². The summed E-state index contributed by atoms with van der Waals surface area (Å²) in [5.41, 5.74) is 0.431. The standard InChI is InChI=1S/C15H18F3NO3/c1-9-7-13(8-10(2)14(9)19(20)21)22-15(17,18)11-3-5-12(16)6-4-11/h7-8,11-12H,3-6H2,1-2H3. The van der Waals surface area contributed by atoms with Gasteiger partial charge < -0.3 is 4.74 Å². The molecule has 0 unspecified atom stereocenters. The number of alkyl halides is 3. The van der Waals surface area contributed by atoms with Crippen molar-refractivity contribution in [3.05, 3.63) is 33.4 Å². The van der Waals surface area contributed by atoms with Crippen LogP contribution in [0.1, 0.15) is 36.8 Å². The Morgan fingerprint density at radius 3 is 2.14 bits per heavy atom. The van der Waals surface area contributed by atoms with Crippen molar-refractivity contribution in [1.82, 2.24) is 0 Å². The van der Waals surface area contributed by atoms with Gasteiger partial charge in [0.2, 0.25) is 0 Å². The number of nitro groups is 1. The molecule has 0 spiro atoms. The molecule has 4 nitrogen and oxygen atoms in total. The van der Waals surface area contributed by atoms with E-state index in [1.165, 1.54) is 26.0 Å². The van der Waals surface area contributed by atoms with Crippen LogP contribution in [-0.2, 0) is 0 Å². The maximum absolute atomic E-state index is 14.2. The first-order valence-corrected chi connectivity index (χ1v) is 7.17. The number of nitro benzene ring substituents is 1. The fraction of sp³-hybridized carbons (Fsp3) is 0.600. The van der Waals surface area contributed by atoms with Crippen LogP contribution in [0.5, 0.6) is 5.75 Å². The highest BCUT2D eigenvalue weighted by molar-refractivity contribution is 5.51. The van der Waals surface area contributed by atoms with Crippen molar-refractivity contribution in [2.24, 2.45) is 5.92 Å². The van der Waals surface area contributed by atoms with Crippen molar-refractivity contribution < 1.29 is 22.8 Å². The Balaban J connectivity index is 2.17. The van der Waals surface area contributed by atoms with Gasteiger partial charge in [-0.15, -0.1) is 0 Å². The van der Waals surface area contributed by atoms with E-state index in [-0.39, 0.29) is 48.2 Å². The van der Waals surface area contributed by atoms with E-state index in [0.29, 0.717) is 0 Å². The molecule has 1 aliphatic rings. The molecule has 1 aromatic carbocycles. The molecular formula is C15H18F3NO3. The zero-order valence-corrected chi connectivity index (χ0v) is 12.4. The first-order chi connectivity index (χ1) is 10.2. The Labute approximate surface area is 126 Å². The predicted octanol–water partition coefficient (Wildman–Crippen LogP) is 4.71. The maximum atomic E-state index is 14.2. The molecule has 0 saturated heterocycles. The van der Waals surface area contributed by atoms with E-state index in [4.69, 9.17) is 4.74 Å². The molecule has 0 amide bonds. The molecule has 0 heterocycles. The van der Waals surface area contributed by atoms with E-state index >= 15 is 0 Å². The predicted molar refractivity (Wildman–Crippen MR) is 75.0 cm³/mol. The second kappa shape index (κ2) is 6.14. The molecule has 1 fully saturated rings. The van der Waals surface area contributed by atoms with Crippen LogP contribution in [0.2, 0.25) is 0 Å². The van der Waals surface area contributed by atoms with E-state index < -0.39 is 23.1 Å². The van der Waals surface area contributed by atoms with Gasteiger partial charge in [0.05, 0.1) is 10.8 Å². The van der Waals surface area contributed by atoms with Gasteiger partial charge in [-0.05, 0) is 51.7 Å². The number of benzene rings is 1. The number of halogens is 3. The summed E-state index contributed by atoms with van der Waals surface area (Å²) in [6, 6.07) is 2.47. The van der Waals surface area contributed by atoms with E-state index in [1.54, 1.807) is 0 Å². The molecule has 7 heteroatoms. The van der Waals surface area contributed by atoms with Gasteiger partial charge in [-0.3, -0.25) is 10.1 Å². The monoisotopic (exact) mass is 317 g/mol. The van der Waals surface area contributed by atoms with Crippen LogP contribution < -0.4 is 4.74 Å². The Hall–Kier alpha value is -1.79. The first-order valence-electron chi connectivity index (χ1n) is 7.17. The quantitative estimate of drug-likeness (QED) is 0.597. The number of aryl methyl sites for hydroxylation is 2. The molecule has 122 valence electrons. The van der Waals surface area contributed by atoms with Crippen LogP contribution in [0.15, 0.2) is 12.1 Å². The molecule has 0 radical (unpaired) electrons. The summed E-state index contributed by atoms with van der Waals surface area (Å²) in [4.78, 5) is 10.4. The van der Waals surface area contributed by atoms with Crippen LogP contribution in [0.25, 0.3) is 0 Å². The van der Waals surface area contributed by atoms with Crippen LogP contribution in [-0.4, -0.2) is 17.2 Å². The molecule has 0 aromatic heterocycles. The third kappa shape index (κ3) is 3.51. The number of ether oxygens (including phenoxy) is 1. The van der Waals surface area contributed by atoms with Crippen LogP contribution in [0.4, 0.5) is 18.9 Å². The number of hydrogen-bond acceptors (Lipinski definition) is 3. The fourth-order valence-electron chi connectivity index (χ4n) is 2.89. The van der Waals surface area contributed by atoms with E-state index in [1.807, 2.05) is 0 Å². The Morgan fingerprint density at radius 2 is 1.68 bits per heavy atom. The molecule has 0 aliphatic heterocycles. The summed E-state index contributed by atoms with van der Waals surface area (Å²) in [6.45, 7) is 2.95. The lowest BCUT2D eigenvalue weighted by Crippen LogP contribution is -2.37. The minimum Gasteiger partial charge on any atom is -0.432 e. The van der Waals surface area contributed by atoms with Crippen molar-refractivity contribution in [2.45, 2.75) is 51.8 Å². The van der Waals surface area contributed by atoms with Gasteiger partial charge in [0, 0.05) is 11.1 Å². The molecule has 1 aromatic rings. The number of nitrogens with zero attached hydrogens (tertiary/aromatic N) is 1. The average molecular weight is 317 g/mol. The van der Waals surface area contributed by atoms with Crippen molar-refractivity contribution in [2.75, 3.05) is 0 Å². The van der Waals surface area contributed by atoms with Crippen LogP contribution in [0.3, 0.4) is 0 Å². The van der Waals surface area contributed by atoms with Gasteiger partial charge >= 0.3 is 6.11 Å². The molecule has 2 rings (SSSR count). The number of hydrogen-bond donors (Lipinski definition) is 0. The largest absolute Gasteiger partial charge is 0.432 e. The Morgan fingerprint density at radius 1 is 1.18 bits per heavy atom. The third-order valence-electron chi connectivity index (χ3n) is 4.03. The summed E-state index contributed by atoms with van der Waals surface area (Å²) >= 11 is 0. The second-order valence-electron chi connectivity index (χ2n) is 5.78. The fourth-order valence-corrected chi connectivity index (χ4v) is 2.89. The van der Waals surface area contributed by atoms with E-state index in [0.717, 1.165) is 0 Å². The van der Waals surface area contributed by atoms with Crippen molar-refractivity contribution >= 4 is 5.69 Å². The van der Waals surface area contributed by atoms with Crippen LogP contribution in [0, 0.1) is 29.9 Å². The van der Waals surface area contributed by atoms with E-state index in [2.05, 4.69) is 0 Å². The average Bonchev–Trinajstić information content (AvgIpc) is 2.37. The lowest BCUT2D eigenvalue weighted by molar-refractivity contribution is -0.386. The highest BCUT2D eigenvalue weighted by Gasteiger charge is 2.44. The summed E-state index contributed by atoms with van der Waals surface area (Å²) in [5.74, 6) is -1.14. The first kappa shape index (κ1) is 16.6. The van der Waals surface area contributed by atoms with Gasteiger partial charge in [-0.25, -0.2) is 4.39 Å². The topological polar surface area (TPSA) is 52.4 Å². The zero-order valence-electron chi connectivity index (χ0n) is 12.4. The van der Waals surface area contributed by atoms with Crippen molar-refractivity contribution in [1.29, 1.82) is 0 Å². The second-order valence-corrected chi connectivity index (χ2v) is 5.78. The van der Waals surface area contributed by atoms with Gasteiger partial charge in [-0.2, -0.15) is 8.78 Å². The number of rotatable bonds is 4. The van der Waals surface area contributed by atoms with Gasteiger partial charge in [-0.1, -0.05) is 0 Å². The minimum absolute atomic E-state index is 0.0686. The van der Waals surface area contributed by atoms with Gasteiger partial charge in [0.25, 0.3) is 5.69 Å². The highest BCUT2D eigenvalue weighted by Crippen LogP contribution is 2.40. The van der Waals surface area contributed by atoms with Gasteiger partial charge in [0.1, 0.15) is 11.9 Å². The van der Waals surface area contributed by atoms with Crippen molar-refractivity contribution in [3.8, 4) is 5.75 Å². The Kier molecular flexibility index (Phi) is 4.63. The lowest BCUT2D eigenvalue weighted by Gasteiger charge is -2.31. The smallest absolute Gasteiger partial charge is 0.400 e. The maximum Gasteiger partial charge on any atom is 0.400 e. The molecular weight excluding hydrogens is 299 g/mol. The molecule has 0 N–H and O–H groups in total. The molecule has 0 bridgehead atoms. The minimum atomic E-state index is -3.41. The summed E-state index contributed by atoms with van der Waals surface area (Å²) < 4.78 is 46.2. The summed E-state index contributed by atoms with van der Waals surface area (Å²) in [5, 5.41) is 10.9. The molecule has 22 heavy (non-hydrogen) atoms. The molecule has 1 aliphatic carbocycles. The van der Waals surface area contributed by atoms with E-state index in [9.17, 15) is 23.3 Å². The summed E-state index contributed by atoms with van der Waals surface area (Å²) in [6.07, 6.45) is -4.06. The lowest BCUT2D eigenvalue weighted by atomic mass is 9.87. The van der Waals surface area contributed by atoms with Crippen molar-refractivity contribution in [3.63, 3.8) is 0 Å². The molecule has 1 saturated carbocycles. The third-order valence-corrected chi connectivity index (χ3v) is 4.03. The summed E-state index contributed by atoms with van der Waals surface area (Å²) in [7, 11) is 0. The normalized spacial score (nSPS) is 22.4. The zero-order chi connectivity index (χ0) is 16.5. The highest BCUT2D eigenvalue weighted by atomic mass is 19.3.